The molecule has 0 atom stereocenters. The highest BCUT2D eigenvalue weighted by molar-refractivity contribution is 7.80. The molecule has 0 aliphatic carbocycles. The minimum atomic E-state index is -0.656. The summed E-state index contributed by atoms with van der Waals surface area (Å²) in [5.74, 6) is 0. The van der Waals surface area contributed by atoms with Crippen LogP contribution in [0.5, 0.6) is 0 Å². The molecular formula is C47H73P. The number of hydrogen-bond donors (Lipinski definition) is 0. The van der Waals surface area contributed by atoms with Crippen LogP contribution in [0.25, 0.3) is 0 Å². The van der Waals surface area contributed by atoms with E-state index in [2.05, 4.69) is 97.0 Å². The molecule has 3 rings (SSSR count). The van der Waals surface area contributed by atoms with Crippen molar-refractivity contribution in [3.05, 3.63) is 87.5 Å². The average molecular weight is 669 g/mol. The fourth-order valence-corrected chi connectivity index (χ4v) is 11.0. The maximum Gasteiger partial charge on any atom is -0.0116 e. The van der Waals surface area contributed by atoms with Gasteiger partial charge in [0, 0.05) is 0 Å². The number of unbranched alkanes of at least 4 members (excludes halogenated alkanes) is 14. The summed E-state index contributed by atoms with van der Waals surface area (Å²) < 4.78 is 0. The van der Waals surface area contributed by atoms with E-state index in [-0.39, 0.29) is 0 Å². The summed E-state index contributed by atoms with van der Waals surface area (Å²) in [6, 6.07) is 19.6. The molecule has 0 saturated carbocycles. The van der Waals surface area contributed by atoms with Crippen molar-refractivity contribution in [1.82, 2.24) is 0 Å². The van der Waals surface area contributed by atoms with E-state index in [0.29, 0.717) is 0 Å². The van der Waals surface area contributed by atoms with Gasteiger partial charge in [0.25, 0.3) is 0 Å². The van der Waals surface area contributed by atoms with E-state index >= 15 is 0 Å². The molecule has 0 aromatic heterocycles. The average Bonchev–Trinajstić information content (AvgIpc) is 3.11. The third kappa shape index (κ3) is 11.9. The van der Waals surface area contributed by atoms with Gasteiger partial charge in [-0.25, -0.2) is 0 Å². The second kappa shape index (κ2) is 23.5. The number of hydrogen-bond acceptors (Lipinski definition) is 0. The monoisotopic (exact) mass is 669 g/mol. The third-order valence-corrected chi connectivity index (χ3v) is 13.7. The van der Waals surface area contributed by atoms with E-state index in [9.17, 15) is 0 Å². The van der Waals surface area contributed by atoms with E-state index < -0.39 is 7.92 Å². The van der Waals surface area contributed by atoms with Gasteiger partial charge in [-0.05, 0) is 121 Å². The fraction of sp³-hybridized carbons (Fsp3) is 0.617. The Morgan fingerprint density at radius 1 is 0.375 bits per heavy atom. The normalized spacial score (nSPS) is 11.6. The first kappa shape index (κ1) is 40.5. The van der Waals surface area contributed by atoms with E-state index in [0.717, 1.165) is 25.7 Å². The van der Waals surface area contributed by atoms with Gasteiger partial charge in [-0.2, -0.15) is 0 Å². The molecule has 0 nitrogen and oxygen atoms in total. The van der Waals surface area contributed by atoms with Crippen LogP contribution < -0.4 is 15.9 Å². The summed E-state index contributed by atoms with van der Waals surface area (Å²) in [6.07, 6.45) is 29.1. The second-order valence-electron chi connectivity index (χ2n) is 14.4. The van der Waals surface area contributed by atoms with Crippen LogP contribution in [0.4, 0.5) is 0 Å². The Bertz CT molecular complexity index is 1240. The summed E-state index contributed by atoms with van der Waals surface area (Å²) in [4.78, 5) is 0. The van der Waals surface area contributed by atoms with Gasteiger partial charge in [0.2, 0.25) is 0 Å². The van der Waals surface area contributed by atoms with Crippen LogP contribution in [0.15, 0.2) is 48.5 Å². The zero-order valence-electron chi connectivity index (χ0n) is 32.6. The van der Waals surface area contributed by atoms with Crippen molar-refractivity contribution >= 4 is 23.8 Å². The predicted molar refractivity (Wildman–Crippen MR) is 220 cm³/mol. The van der Waals surface area contributed by atoms with E-state index in [4.69, 9.17) is 0 Å². The lowest BCUT2D eigenvalue weighted by molar-refractivity contribution is 0.575. The second-order valence-corrected chi connectivity index (χ2v) is 16.5. The molecule has 0 aliphatic rings. The van der Waals surface area contributed by atoms with Crippen LogP contribution >= 0.6 is 7.92 Å². The van der Waals surface area contributed by atoms with Gasteiger partial charge in [0.1, 0.15) is 0 Å². The fourth-order valence-electron chi connectivity index (χ4n) is 8.05. The Morgan fingerprint density at radius 2 is 0.771 bits per heavy atom. The summed E-state index contributed by atoms with van der Waals surface area (Å²) in [6.45, 7) is 16.5. The van der Waals surface area contributed by atoms with Crippen LogP contribution in [-0.2, 0) is 38.5 Å². The highest BCUT2D eigenvalue weighted by Gasteiger charge is 2.27. The van der Waals surface area contributed by atoms with Crippen molar-refractivity contribution in [2.75, 3.05) is 0 Å². The number of rotatable bonds is 25. The molecule has 0 N–H and O–H groups in total. The number of benzene rings is 3. The maximum atomic E-state index is 2.59. The zero-order valence-corrected chi connectivity index (χ0v) is 33.5. The quantitative estimate of drug-likeness (QED) is 0.0622. The predicted octanol–water partition coefficient (Wildman–Crippen LogP) is 13.4. The van der Waals surface area contributed by atoms with Crippen LogP contribution in [0.2, 0.25) is 0 Å². The minimum Gasteiger partial charge on any atom is -0.0654 e. The van der Waals surface area contributed by atoms with Crippen molar-refractivity contribution in [3.8, 4) is 0 Å². The van der Waals surface area contributed by atoms with Crippen LogP contribution in [0.1, 0.15) is 183 Å². The summed E-state index contributed by atoms with van der Waals surface area (Å²) in [7, 11) is -0.656. The summed E-state index contributed by atoms with van der Waals surface area (Å²) in [5.41, 5.74) is 11.3. The Morgan fingerprint density at radius 3 is 1.15 bits per heavy atom. The maximum absolute atomic E-state index is 2.59. The first-order valence-corrected chi connectivity index (χ1v) is 22.0. The van der Waals surface area contributed by atoms with Crippen molar-refractivity contribution in [1.29, 1.82) is 0 Å². The first-order valence-electron chi connectivity index (χ1n) is 20.7. The molecule has 0 heterocycles. The van der Waals surface area contributed by atoms with Gasteiger partial charge in [-0.3, -0.25) is 0 Å². The molecule has 0 radical (unpaired) electrons. The highest BCUT2D eigenvalue weighted by atomic mass is 31.1. The van der Waals surface area contributed by atoms with Crippen molar-refractivity contribution in [2.45, 2.75) is 190 Å². The topological polar surface area (TPSA) is 0 Å². The van der Waals surface area contributed by atoms with Crippen molar-refractivity contribution in [3.63, 3.8) is 0 Å². The smallest absolute Gasteiger partial charge is 0.0116 e. The van der Waals surface area contributed by atoms with Gasteiger partial charge in [-0.1, -0.05) is 180 Å². The van der Waals surface area contributed by atoms with Gasteiger partial charge in [0.15, 0.2) is 0 Å². The molecule has 0 bridgehead atoms. The van der Waals surface area contributed by atoms with Crippen LogP contribution in [-0.4, -0.2) is 0 Å². The molecule has 0 saturated heterocycles. The molecule has 48 heavy (non-hydrogen) atoms. The summed E-state index contributed by atoms with van der Waals surface area (Å²) >= 11 is 0. The van der Waals surface area contributed by atoms with Gasteiger partial charge >= 0.3 is 0 Å². The Hall–Kier alpha value is -1.91. The van der Waals surface area contributed by atoms with Gasteiger partial charge in [0.05, 0.1) is 0 Å². The standard InChI is InChI=1S/C47H73P/c1-8-14-16-18-20-22-24-26-31-43-41(12-5)39(10-3)34-36-46(43)48(45-33-29-28-30-38(45)7)47-37-35-40(11-4)42(13-6)44(47)32-27-25-23-21-19-17-15-9-2/h28-30,33-37H,8-27,31-32H2,1-7H3. The third-order valence-electron chi connectivity index (χ3n) is 10.9. The van der Waals surface area contributed by atoms with E-state index in [1.807, 2.05) is 0 Å². The Kier molecular flexibility index (Phi) is 19.8. The molecule has 0 spiro atoms. The number of aryl methyl sites for hydroxylation is 3. The Balaban J connectivity index is 2.06. The molecule has 3 aromatic carbocycles. The largest absolute Gasteiger partial charge is 0.0654 e. The molecular weight excluding hydrogens is 595 g/mol. The van der Waals surface area contributed by atoms with Crippen molar-refractivity contribution in [2.24, 2.45) is 0 Å². The zero-order chi connectivity index (χ0) is 34.6. The minimum absolute atomic E-state index is 0.656. The Labute approximate surface area is 300 Å². The molecule has 0 unspecified atom stereocenters. The van der Waals surface area contributed by atoms with E-state index in [1.54, 1.807) is 49.3 Å². The van der Waals surface area contributed by atoms with Crippen molar-refractivity contribution < 1.29 is 0 Å². The SMILES string of the molecule is CCCCCCCCCCc1c(P(c2ccccc2C)c2ccc(CC)c(CC)c2CCCCCCCCCC)ccc(CC)c1CC. The molecule has 0 amide bonds. The molecule has 1 heteroatoms. The van der Waals surface area contributed by atoms with Crippen LogP contribution in [0.3, 0.4) is 0 Å². The molecule has 266 valence electrons. The molecule has 0 fully saturated rings. The van der Waals surface area contributed by atoms with E-state index in [1.165, 1.54) is 121 Å². The lowest BCUT2D eigenvalue weighted by atomic mass is 9.93. The van der Waals surface area contributed by atoms with Gasteiger partial charge in [-0.15, -0.1) is 0 Å². The first-order chi connectivity index (χ1) is 23.6. The lowest BCUT2D eigenvalue weighted by Crippen LogP contribution is -2.29. The summed E-state index contributed by atoms with van der Waals surface area (Å²) in [5, 5.41) is 4.87. The molecule has 3 aromatic rings. The van der Waals surface area contributed by atoms with Gasteiger partial charge < -0.3 is 0 Å². The molecule has 0 aliphatic heterocycles. The highest BCUT2D eigenvalue weighted by Crippen LogP contribution is 2.40. The van der Waals surface area contributed by atoms with Crippen LogP contribution in [0, 0.1) is 6.92 Å². The lowest BCUT2D eigenvalue weighted by Gasteiger charge is -2.30.